The molecule has 0 radical (unpaired) electrons. The zero-order valence-corrected chi connectivity index (χ0v) is 27.4. The minimum atomic E-state index is 0.621. The summed E-state index contributed by atoms with van der Waals surface area (Å²) in [5.41, 5.74) is 7.54. The van der Waals surface area contributed by atoms with Crippen molar-refractivity contribution in [3.8, 4) is 11.5 Å². The Morgan fingerprint density at radius 2 is 1.06 bits per heavy atom. The zero-order valence-electron chi connectivity index (χ0n) is 27.4. The van der Waals surface area contributed by atoms with Crippen LogP contribution >= 0.6 is 0 Å². The summed E-state index contributed by atoms with van der Waals surface area (Å²) < 4.78 is 12.9. The second-order valence-corrected chi connectivity index (χ2v) is 13.1. The minimum Gasteiger partial charge on any atom is -0.456 e. The molecule has 0 fully saturated rings. The van der Waals surface area contributed by atoms with Crippen LogP contribution in [0.5, 0.6) is 0 Å². The lowest BCUT2D eigenvalue weighted by Gasteiger charge is -2.28. The van der Waals surface area contributed by atoms with Gasteiger partial charge in [-0.25, -0.2) is 4.98 Å². The molecule has 2 heterocycles. The number of aromatic nitrogens is 1. The molecule has 0 spiro atoms. The van der Waals surface area contributed by atoms with Crippen molar-refractivity contribution in [3.63, 3.8) is 0 Å². The van der Waals surface area contributed by atoms with E-state index < -0.39 is 0 Å². The smallest absolute Gasteiger partial charge is 0.227 e. The van der Waals surface area contributed by atoms with Gasteiger partial charge in [0.05, 0.1) is 5.69 Å². The van der Waals surface area contributed by atoms with Crippen molar-refractivity contribution in [2.24, 2.45) is 0 Å². The molecule has 0 saturated heterocycles. The van der Waals surface area contributed by atoms with Crippen LogP contribution in [0.4, 0.5) is 17.1 Å². The van der Waals surface area contributed by atoms with E-state index in [0.29, 0.717) is 5.89 Å². The van der Waals surface area contributed by atoms with Crippen LogP contribution in [0.15, 0.2) is 179 Å². The number of rotatable bonds is 4. The Labute approximate surface area is 292 Å². The third kappa shape index (κ3) is 4.30. The highest BCUT2D eigenvalue weighted by atomic mass is 16.3. The number of nitrogens with zero attached hydrogens (tertiary/aromatic N) is 2. The Bertz CT molecular complexity index is 3160. The minimum absolute atomic E-state index is 0.621. The number of para-hydroxylation sites is 1. The van der Waals surface area contributed by atoms with Crippen LogP contribution < -0.4 is 4.90 Å². The van der Waals surface area contributed by atoms with E-state index in [4.69, 9.17) is 13.8 Å². The summed E-state index contributed by atoms with van der Waals surface area (Å²) in [5, 5.41) is 11.4. The number of benzene rings is 9. The average molecular weight is 653 g/mol. The summed E-state index contributed by atoms with van der Waals surface area (Å²) >= 11 is 0. The standard InChI is InChI=1S/C47H28N2O2/c1-2-10-31(11-3-1)47-48-41-24-21-30-19-18-29-20-22-33(27-39(29)45(30)46(41)51-47)49(34-23-25-44-40(28-34)38-16-8-9-17-43(38)50-44)42-26-32-12-4-5-13-35(32)36-14-6-7-15-37(36)42/h1-28H. The monoisotopic (exact) mass is 652 g/mol. The Kier molecular flexibility index (Phi) is 5.92. The van der Waals surface area contributed by atoms with Crippen LogP contribution in [0.2, 0.25) is 0 Å². The molecule has 4 heteroatoms. The lowest BCUT2D eigenvalue weighted by molar-refractivity contribution is 0.623. The van der Waals surface area contributed by atoms with Gasteiger partial charge < -0.3 is 13.7 Å². The van der Waals surface area contributed by atoms with Crippen LogP contribution in [0, 0.1) is 0 Å². The van der Waals surface area contributed by atoms with E-state index in [0.717, 1.165) is 77.2 Å². The molecule has 238 valence electrons. The van der Waals surface area contributed by atoms with Gasteiger partial charge in [-0.15, -0.1) is 0 Å². The second-order valence-electron chi connectivity index (χ2n) is 13.1. The third-order valence-corrected chi connectivity index (χ3v) is 10.2. The van der Waals surface area contributed by atoms with Gasteiger partial charge in [-0.2, -0.15) is 0 Å². The van der Waals surface area contributed by atoms with Gasteiger partial charge in [0, 0.05) is 38.5 Å². The molecular weight excluding hydrogens is 625 g/mol. The van der Waals surface area contributed by atoms with Crippen LogP contribution in [0.1, 0.15) is 0 Å². The van der Waals surface area contributed by atoms with E-state index in [1.807, 2.05) is 42.5 Å². The number of hydrogen-bond donors (Lipinski definition) is 0. The number of anilines is 3. The van der Waals surface area contributed by atoms with Crippen LogP contribution in [-0.2, 0) is 0 Å². The molecule has 0 aliphatic carbocycles. The first kappa shape index (κ1) is 28.0. The van der Waals surface area contributed by atoms with Gasteiger partial charge in [0.1, 0.15) is 16.7 Å². The fourth-order valence-electron chi connectivity index (χ4n) is 7.85. The lowest BCUT2D eigenvalue weighted by Crippen LogP contribution is -2.10. The summed E-state index contributed by atoms with van der Waals surface area (Å²) in [5.74, 6) is 0.621. The first-order valence-corrected chi connectivity index (χ1v) is 17.2. The molecule has 0 bridgehead atoms. The Balaban J connectivity index is 1.22. The summed E-state index contributed by atoms with van der Waals surface area (Å²) in [6.45, 7) is 0. The van der Waals surface area contributed by atoms with Crippen molar-refractivity contribution in [3.05, 3.63) is 170 Å². The maximum Gasteiger partial charge on any atom is 0.227 e. The predicted molar refractivity (Wildman–Crippen MR) is 211 cm³/mol. The molecule has 0 N–H and O–H groups in total. The van der Waals surface area contributed by atoms with Crippen molar-refractivity contribution in [2.75, 3.05) is 4.90 Å². The van der Waals surface area contributed by atoms with Crippen LogP contribution in [0.25, 0.3) is 87.6 Å². The Hall–Kier alpha value is -6.91. The summed E-state index contributed by atoms with van der Waals surface area (Å²) in [6.07, 6.45) is 0. The fourth-order valence-corrected chi connectivity index (χ4v) is 7.85. The molecular formula is C47H28N2O2. The van der Waals surface area contributed by atoms with Crippen LogP contribution in [-0.4, -0.2) is 4.98 Å². The number of fused-ring (bicyclic) bond motifs is 11. The van der Waals surface area contributed by atoms with E-state index in [-0.39, 0.29) is 0 Å². The maximum absolute atomic E-state index is 6.60. The van der Waals surface area contributed by atoms with Gasteiger partial charge in [0.15, 0.2) is 5.58 Å². The van der Waals surface area contributed by atoms with Crippen molar-refractivity contribution >= 4 is 93.2 Å². The number of oxazole rings is 1. The highest BCUT2D eigenvalue weighted by Gasteiger charge is 2.21. The lowest BCUT2D eigenvalue weighted by atomic mass is 9.97. The van der Waals surface area contributed by atoms with Gasteiger partial charge in [0.2, 0.25) is 5.89 Å². The zero-order chi connectivity index (χ0) is 33.5. The summed E-state index contributed by atoms with van der Waals surface area (Å²) in [4.78, 5) is 7.31. The molecule has 51 heavy (non-hydrogen) atoms. The van der Waals surface area contributed by atoms with E-state index >= 15 is 0 Å². The van der Waals surface area contributed by atoms with Gasteiger partial charge in [-0.05, 0) is 93.0 Å². The molecule has 2 aromatic heterocycles. The van der Waals surface area contributed by atoms with Gasteiger partial charge in [0.25, 0.3) is 0 Å². The quantitative estimate of drug-likeness (QED) is 0.177. The second kappa shape index (κ2) is 10.8. The molecule has 0 atom stereocenters. The predicted octanol–water partition coefficient (Wildman–Crippen LogP) is 13.5. The van der Waals surface area contributed by atoms with Gasteiger partial charge in [-0.1, -0.05) is 109 Å². The van der Waals surface area contributed by atoms with Crippen molar-refractivity contribution in [1.82, 2.24) is 4.98 Å². The average Bonchev–Trinajstić information content (AvgIpc) is 3.80. The van der Waals surface area contributed by atoms with E-state index in [1.165, 1.54) is 21.5 Å². The molecule has 0 saturated carbocycles. The topological polar surface area (TPSA) is 42.4 Å². The maximum atomic E-state index is 6.60. The molecule has 9 aromatic carbocycles. The van der Waals surface area contributed by atoms with Crippen molar-refractivity contribution in [2.45, 2.75) is 0 Å². The van der Waals surface area contributed by atoms with E-state index in [2.05, 4.69) is 132 Å². The van der Waals surface area contributed by atoms with Crippen LogP contribution in [0.3, 0.4) is 0 Å². The number of furan rings is 1. The SMILES string of the molecule is c1ccc(-c2nc3ccc4ccc5ccc(N(c6ccc7oc8ccccc8c7c6)c6cc7ccccc7c7ccccc67)cc5c4c3o2)cc1. The molecule has 0 amide bonds. The first-order valence-electron chi connectivity index (χ1n) is 17.2. The summed E-state index contributed by atoms with van der Waals surface area (Å²) in [7, 11) is 0. The molecule has 0 unspecified atom stereocenters. The molecule has 4 nitrogen and oxygen atoms in total. The van der Waals surface area contributed by atoms with Gasteiger partial charge in [-0.3, -0.25) is 0 Å². The highest BCUT2D eigenvalue weighted by Crippen LogP contribution is 2.45. The largest absolute Gasteiger partial charge is 0.456 e. The number of hydrogen-bond acceptors (Lipinski definition) is 4. The molecule has 11 aromatic rings. The van der Waals surface area contributed by atoms with Crippen molar-refractivity contribution in [1.29, 1.82) is 0 Å². The molecule has 0 aliphatic rings. The summed E-state index contributed by atoms with van der Waals surface area (Å²) in [6, 6.07) is 59.9. The highest BCUT2D eigenvalue weighted by molar-refractivity contribution is 6.20. The molecule has 0 aliphatic heterocycles. The Morgan fingerprint density at radius 1 is 0.412 bits per heavy atom. The normalized spacial score (nSPS) is 11.9. The van der Waals surface area contributed by atoms with Crippen molar-refractivity contribution < 1.29 is 8.83 Å². The first-order chi connectivity index (χ1) is 25.3. The van der Waals surface area contributed by atoms with Gasteiger partial charge >= 0.3 is 0 Å². The van der Waals surface area contributed by atoms with E-state index in [1.54, 1.807) is 0 Å². The fraction of sp³-hybridized carbons (Fsp3) is 0. The molecule has 11 rings (SSSR count). The third-order valence-electron chi connectivity index (χ3n) is 10.2. The Morgan fingerprint density at radius 3 is 1.94 bits per heavy atom. The van der Waals surface area contributed by atoms with E-state index in [9.17, 15) is 0 Å².